The van der Waals surface area contributed by atoms with Crippen LogP contribution in [0.2, 0.25) is 0 Å². The van der Waals surface area contributed by atoms with Crippen molar-refractivity contribution in [3.63, 3.8) is 0 Å². The molecule has 1 unspecified atom stereocenters. The minimum Gasteiger partial charge on any atom is -0.452 e. The van der Waals surface area contributed by atoms with Crippen LogP contribution in [0.1, 0.15) is 39.5 Å². The summed E-state index contributed by atoms with van der Waals surface area (Å²) in [5.41, 5.74) is -0.235. The Morgan fingerprint density at radius 2 is 2.00 bits per heavy atom. The summed E-state index contributed by atoms with van der Waals surface area (Å²) in [6, 6.07) is 0. The summed E-state index contributed by atoms with van der Waals surface area (Å²) in [7, 11) is 0. The van der Waals surface area contributed by atoms with E-state index in [9.17, 15) is 9.90 Å². The lowest BCUT2D eigenvalue weighted by molar-refractivity contribution is -0.149. The number of aliphatic hydroxyl groups is 1. The minimum atomic E-state index is -0.971. The molecule has 3 saturated heterocycles. The zero-order valence-corrected chi connectivity index (χ0v) is 14.4. The highest BCUT2D eigenvalue weighted by molar-refractivity contribution is 5.79. The maximum absolute atomic E-state index is 12.6. The van der Waals surface area contributed by atoms with Gasteiger partial charge in [-0.15, -0.1) is 0 Å². The number of carbonyl (C=O) groups excluding carboxylic acids is 1. The maximum Gasteiger partial charge on any atom is 0.314 e. The van der Waals surface area contributed by atoms with E-state index in [0.717, 1.165) is 31.3 Å². The van der Waals surface area contributed by atoms with E-state index < -0.39 is 5.60 Å². The molecule has 0 aromatic carbocycles. The van der Waals surface area contributed by atoms with E-state index in [1.807, 2.05) is 26.0 Å². The van der Waals surface area contributed by atoms with Gasteiger partial charge < -0.3 is 19.3 Å². The Balaban J connectivity index is 1.61. The van der Waals surface area contributed by atoms with Crippen LogP contribution < -0.4 is 0 Å². The molecule has 1 saturated carbocycles. The number of hydrogen-bond donors (Lipinski definition) is 1. The number of fused-ring (bicyclic) bond motifs is 2. The normalized spacial score (nSPS) is 46.5. The van der Waals surface area contributed by atoms with Crippen molar-refractivity contribution in [1.82, 2.24) is 0 Å². The van der Waals surface area contributed by atoms with E-state index in [2.05, 4.69) is 6.58 Å². The van der Waals surface area contributed by atoms with Gasteiger partial charge in [0.15, 0.2) is 5.60 Å². The molecular formula is C19H26O5. The van der Waals surface area contributed by atoms with E-state index in [1.54, 1.807) is 0 Å². The third kappa shape index (κ3) is 2.63. The highest BCUT2D eigenvalue weighted by atomic mass is 16.6. The molecule has 1 N–H and O–H groups in total. The van der Waals surface area contributed by atoms with Crippen molar-refractivity contribution in [2.24, 2.45) is 11.8 Å². The highest BCUT2D eigenvalue weighted by Gasteiger charge is 2.57. The number of rotatable bonds is 3. The Morgan fingerprint density at radius 3 is 2.67 bits per heavy atom. The summed E-state index contributed by atoms with van der Waals surface area (Å²) in [4.78, 5) is 12.6. The lowest BCUT2D eigenvalue weighted by atomic mass is 9.74. The average molecular weight is 334 g/mol. The highest BCUT2D eigenvalue weighted by Crippen LogP contribution is 2.49. The summed E-state index contributed by atoms with van der Waals surface area (Å²) in [5.74, 6) is -0.674. The molecule has 5 nitrogen and oxygen atoms in total. The van der Waals surface area contributed by atoms with Crippen LogP contribution in [0, 0.1) is 11.8 Å². The predicted octanol–water partition coefficient (Wildman–Crippen LogP) is 2.14. The number of cyclic esters (lactones) is 1. The molecule has 5 heteroatoms. The molecule has 24 heavy (non-hydrogen) atoms. The van der Waals surface area contributed by atoms with Crippen molar-refractivity contribution in [2.75, 3.05) is 6.61 Å². The molecule has 0 aromatic heterocycles. The first-order chi connectivity index (χ1) is 11.4. The fraction of sp³-hybridized carbons (Fsp3) is 0.737. The molecule has 1 aliphatic carbocycles. The van der Waals surface area contributed by atoms with E-state index in [0.29, 0.717) is 12.2 Å². The molecule has 0 spiro atoms. The lowest BCUT2D eigenvalue weighted by Crippen LogP contribution is -2.39. The summed E-state index contributed by atoms with van der Waals surface area (Å²) in [6.07, 6.45) is 7.79. The fourth-order valence-corrected chi connectivity index (χ4v) is 4.32. The maximum atomic E-state index is 12.6. The van der Waals surface area contributed by atoms with Crippen molar-refractivity contribution in [3.05, 3.63) is 24.3 Å². The van der Waals surface area contributed by atoms with E-state index in [1.165, 1.54) is 0 Å². The van der Waals surface area contributed by atoms with Crippen molar-refractivity contribution in [1.29, 1.82) is 0 Å². The van der Waals surface area contributed by atoms with Gasteiger partial charge in [0, 0.05) is 5.92 Å². The molecule has 0 amide bonds. The van der Waals surface area contributed by atoms with Crippen LogP contribution in [0.4, 0.5) is 0 Å². The molecule has 3 aliphatic heterocycles. The summed E-state index contributed by atoms with van der Waals surface area (Å²) in [6.45, 7) is 7.97. The zero-order chi connectivity index (χ0) is 17.1. The zero-order valence-electron chi connectivity index (χ0n) is 14.4. The third-order valence-electron chi connectivity index (χ3n) is 6.07. The topological polar surface area (TPSA) is 71.6 Å². The number of carbonyl (C=O) groups is 1. The Bertz CT molecular complexity index is 595. The molecule has 6 atom stereocenters. The molecule has 0 radical (unpaired) electrons. The number of esters is 1. The first kappa shape index (κ1) is 16.3. The van der Waals surface area contributed by atoms with Crippen LogP contribution in [0.15, 0.2) is 24.3 Å². The molecule has 0 bridgehead atoms. The molecule has 4 rings (SSSR count). The van der Waals surface area contributed by atoms with Crippen LogP contribution in [0.25, 0.3) is 0 Å². The largest absolute Gasteiger partial charge is 0.452 e. The minimum absolute atomic E-state index is 0.00866. The Kier molecular flexibility index (Phi) is 3.68. The van der Waals surface area contributed by atoms with E-state index >= 15 is 0 Å². The monoisotopic (exact) mass is 334 g/mol. The van der Waals surface area contributed by atoms with Crippen molar-refractivity contribution < 1.29 is 24.1 Å². The first-order valence-corrected chi connectivity index (χ1v) is 8.90. The molecule has 4 aliphatic rings. The molecule has 3 heterocycles. The van der Waals surface area contributed by atoms with Crippen LogP contribution in [-0.2, 0) is 19.0 Å². The molecule has 0 aromatic rings. The summed E-state index contributed by atoms with van der Waals surface area (Å²) in [5, 5.41) is 10.1. The van der Waals surface area contributed by atoms with Gasteiger partial charge in [0.2, 0.25) is 0 Å². The smallest absolute Gasteiger partial charge is 0.314 e. The Morgan fingerprint density at radius 1 is 1.29 bits per heavy atom. The third-order valence-corrected chi connectivity index (χ3v) is 6.07. The standard InChI is InChI=1S/C19H26O5/c1-11-4-6-13-14(22-13)7-5-12-16(11)17(21)24-19(12,10-20)9-8-15-18(2,3)23-15/h8-9,12-16,20H,1,4-7,10H2,2-3H3/b9-8+/t12-,13-,14-,15?,16-,19-/m0/s1. The van der Waals surface area contributed by atoms with Gasteiger partial charge in [-0.2, -0.15) is 0 Å². The van der Waals surface area contributed by atoms with Gasteiger partial charge in [0.05, 0.1) is 30.3 Å². The lowest BCUT2D eigenvalue weighted by Gasteiger charge is -2.30. The van der Waals surface area contributed by atoms with Gasteiger partial charge in [0.25, 0.3) is 0 Å². The predicted molar refractivity (Wildman–Crippen MR) is 87.2 cm³/mol. The number of hydrogen-bond acceptors (Lipinski definition) is 5. The molecule has 132 valence electrons. The van der Waals surface area contributed by atoms with E-state index in [4.69, 9.17) is 14.2 Å². The van der Waals surface area contributed by atoms with Crippen molar-refractivity contribution in [2.45, 2.75) is 69.0 Å². The number of aliphatic hydroxyl groups excluding tert-OH is 1. The second kappa shape index (κ2) is 5.41. The van der Waals surface area contributed by atoms with Gasteiger partial charge >= 0.3 is 5.97 Å². The second-order valence-electron chi connectivity index (χ2n) is 8.11. The molecular weight excluding hydrogens is 308 g/mol. The van der Waals surface area contributed by atoms with Gasteiger partial charge in [0.1, 0.15) is 6.10 Å². The fourth-order valence-electron chi connectivity index (χ4n) is 4.32. The van der Waals surface area contributed by atoms with Crippen molar-refractivity contribution >= 4 is 5.97 Å². The average Bonchev–Trinajstić information content (AvgIpc) is 3.39. The summed E-state index contributed by atoms with van der Waals surface area (Å²) >= 11 is 0. The first-order valence-electron chi connectivity index (χ1n) is 8.90. The number of ether oxygens (including phenoxy) is 3. The van der Waals surface area contributed by atoms with Gasteiger partial charge in [-0.1, -0.05) is 18.2 Å². The van der Waals surface area contributed by atoms with Gasteiger partial charge in [-0.05, 0) is 45.6 Å². The van der Waals surface area contributed by atoms with E-state index in [-0.39, 0.29) is 36.1 Å². The van der Waals surface area contributed by atoms with Crippen LogP contribution in [0.5, 0.6) is 0 Å². The van der Waals surface area contributed by atoms with Gasteiger partial charge in [-0.25, -0.2) is 0 Å². The second-order valence-corrected chi connectivity index (χ2v) is 8.11. The quantitative estimate of drug-likeness (QED) is 0.486. The number of epoxide rings is 2. The van der Waals surface area contributed by atoms with Crippen LogP contribution in [0.3, 0.4) is 0 Å². The van der Waals surface area contributed by atoms with Crippen LogP contribution in [-0.4, -0.2) is 47.2 Å². The molecule has 4 fully saturated rings. The summed E-state index contributed by atoms with van der Waals surface area (Å²) < 4.78 is 17.0. The van der Waals surface area contributed by atoms with Crippen LogP contribution >= 0.6 is 0 Å². The Hall–Kier alpha value is -1.17. The van der Waals surface area contributed by atoms with Crippen molar-refractivity contribution in [3.8, 4) is 0 Å². The van der Waals surface area contributed by atoms with Gasteiger partial charge in [-0.3, -0.25) is 4.79 Å². The SMILES string of the molecule is C=C1CC[C@@H]2O[C@H]2CC[C@H]2[C@H]1C(=O)O[C@@]2(/C=C/C1OC1(C)C)CO. The Labute approximate surface area is 142 Å².